The van der Waals surface area contributed by atoms with Gasteiger partial charge in [-0.1, -0.05) is 18.2 Å². The van der Waals surface area contributed by atoms with Crippen LogP contribution in [0.4, 0.5) is 4.79 Å². The van der Waals surface area contributed by atoms with Gasteiger partial charge in [-0.2, -0.15) is 0 Å². The lowest BCUT2D eigenvalue weighted by molar-refractivity contribution is 0.0192. The summed E-state index contributed by atoms with van der Waals surface area (Å²) in [7, 11) is 0. The number of benzene rings is 1. The van der Waals surface area contributed by atoms with E-state index < -0.39 is 11.7 Å². The number of para-hydroxylation sites is 1. The molecule has 1 fully saturated rings. The Bertz CT molecular complexity index is 522. The number of piperidine rings is 1. The average Bonchev–Trinajstić information content (AvgIpc) is 2.58. The first-order valence-corrected chi connectivity index (χ1v) is 8.91. The Morgan fingerprint density at radius 1 is 1.28 bits per heavy atom. The van der Waals surface area contributed by atoms with Crippen molar-refractivity contribution < 1.29 is 19.4 Å². The topological polar surface area (TPSA) is 71.0 Å². The third-order valence-electron chi connectivity index (χ3n) is 3.97. The van der Waals surface area contributed by atoms with Crippen LogP contribution in [-0.4, -0.2) is 60.1 Å². The van der Waals surface area contributed by atoms with Crippen LogP contribution in [0, 0.1) is 0 Å². The zero-order chi connectivity index (χ0) is 18.3. The number of amides is 1. The van der Waals surface area contributed by atoms with Crippen molar-refractivity contribution >= 4 is 6.09 Å². The molecule has 6 nitrogen and oxygen atoms in total. The Morgan fingerprint density at radius 3 is 2.52 bits per heavy atom. The van der Waals surface area contributed by atoms with Crippen LogP contribution in [0.1, 0.15) is 33.6 Å². The van der Waals surface area contributed by atoms with Gasteiger partial charge in [0.2, 0.25) is 0 Å². The van der Waals surface area contributed by atoms with Crippen LogP contribution >= 0.6 is 0 Å². The zero-order valence-corrected chi connectivity index (χ0v) is 15.4. The van der Waals surface area contributed by atoms with Crippen LogP contribution in [0.5, 0.6) is 5.75 Å². The Labute approximate surface area is 150 Å². The standard InChI is InChI=1S/C19H30N2O4/c1-19(2,3)25-18(23)21-11-9-15(10-12-21)20-13-16(22)14-24-17-7-5-4-6-8-17/h4-8,15-16,20,22H,9-14H2,1-3H3. The van der Waals surface area contributed by atoms with Gasteiger partial charge >= 0.3 is 6.09 Å². The Hall–Kier alpha value is -1.79. The molecule has 25 heavy (non-hydrogen) atoms. The molecule has 0 saturated carbocycles. The molecule has 0 bridgehead atoms. The van der Waals surface area contributed by atoms with Crippen molar-refractivity contribution in [2.75, 3.05) is 26.2 Å². The summed E-state index contributed by atoms with van der Waals surface area (Å²) in [6, 6.07) is 9.76. The van der Waals surface area contributed by atoms with Crippen LogP contribution in [0.15, 0.2) is 30.3 Å². The first kappa shape index (κ1) is 19.5. The number of hydrogen-bond donors (Lipinski definition) is 2. The largest absolute Gasteiger partial charge is 0.491 e. The number of carbonyl (C=O) groups excluding carboxylic acids is 1. The van der Waals surface area contributed by atoms with E-state index in [-0.39, 0.29) is 12.7 Å². The van der Waals surface area contributed by atoms with Crippen LogP contribution < -0.4 is 10.1 Å². The van der Waals surface area contributed by atoms with E-state index in [1.807, 2.05) is 51.1 Å². The van der Waals surface area contributed by atoms with Gasteiger partial charge in [-0.25, -0.2) is 4.79 Å². The summed E-state index contributed by atoms with van der Waals surface area (Å²) in [5.41, 5.74) is -0.463. The van der Waals surface area contributed by atoms with E-state index in [9.17, 15) is 9.90 Å². The molecule has 140 valence electrons. The Morgan fingerprint density at radius 2 is 1.92 bits per heavy atom. The molecule has 2 rings (SSSR count). The lowest BCUT2D eigenvalue weighted by atomic mass is 10.1. The molecule has 0 aromatic heterocycles. The van der Waals surface area contributed by atoms with Crippen molar-refractivity contribution in [1.82, 2.24) is 10.2 Å². The molecular formula is C19H30N2O4. The number of ether oxygens (including phenoxy) is 2. The number of aliphatic hydroxyl groups is 1. The van der Waals surface area contributed by atoms with Crippen molar-refractivity contribution in [2.24, 2.45) is 0 Å². The maximum atomic E-state index is 12.0. The number of hydrogen-bond acceptors (Lipinski definition) is 5. The molecule has 1 aliphatic rings. The highest BCUT2D eigenvalue weighted by atomic mass is 16.6. The van der Waals surface area contributed by atoms with Gasteiger partial charge in [0.05, 0.1) is 0 Å². The van der Waals surface area contributed by atoms with Gasteiger partial charge in [0.25, 0.3) is 0 Å². The molecule has 0 aliphatic carbocycles. The molecule has 0 radical (unpaired) electrons. The van der Waals surface area contributed by atoms with Crippen LogP contribution in [0.25, 0.3) is 0 Å². The zero-order valence-electron chi connectivity index (χ0n) is 15.4. The quantitative estimate of drug-likeness (QED) is 0.824. The number of nitrogens with zero attached hydrogens (tertiary/aromatic N) is 1. The second kappa shape index (κ2) is 9.06. The molecule has 1 saturated heterocycles. The van der Waals surface area contributed by atoms with Crippen LogP contribution in [0.2, 0.25) is 0 Å². The summed E-state index contributed by atoms with van der Waals surface area (Å²) in [5.74, 6) is 0.757. The normalized spacial score (nSPS) is 17.2. The molecule has 1 aliphatic heterocycles. The van der Waals surface area contributed by atoms with Crippen LogP contribution in [-0.2, 0) is 4.74 Å². The maximum Gasteiger partial charge on any atom is 0.410 e. The first-order valence-electron chi connectivity index (χ1n) is 8.91. The van der Waals surface area contributed by atoms with Crippen molar-refractivity contribution in [3.63, 3.8) is 0 Å². The lowest BCUT2D eigenvalue weighted by Crippen LogP contribution is -2.48. The minimum atomic E-state index is -0.566. The molecular weight excluding hydrogens is 320 g/mol. The van der Waals surface area contributed by atoms with E-state index in [1.54, 1.807) is 4.90 Å². The van der Waals surface area contributed by atoms with Gasteiger partial charge in [0.1, 0.15) is 24.1 Å². The molecule has 1 aromatic carbocycles. The summed E-state index contributed by atoms with van der Waals surface area (Å²) < 4.78 is 10.9. The number of likely N-dealkylation sites (tertiary alicyclic amines) is 1. The molecule has 0 spiro atoms. The van der Waals surface area contributed by atoms with Gasteiger partial charge in [-0.15, -0.1) is 0 Å². The van der Waals surface area contributed by atoms with Gasteiger partial charge in [-0.05, 0) is 45.7 Å². The van der Waals surface area contributed by atoms with E-state index in [4.69, 9.17) is 9.47 Å². The Kier molecular flexibility index (Phi) is 7.08. The lowest BCUT2D eigenvalue weighted by Gasteiger charge is -2.34. The molecule has 1 unspecified atom stereocenters. The second-order valence-corrected chi connectivity index (χ2v) is 7.43. The molecule has 1 aromatic rings. The summed E-state index contributed by atoms with van der Waals surface area (Å²) in [4.78, 5) is 13.8. The van der Waals surface area contributed by atoms with E-state index >= 15 is 0 Å². The fraction of sp³-hybridized carbons (Fsp3) is 0.632. The molecule has 2 N–H and O–H groups in total. The summed E-state index contributed by atoms with van der Waals surface area (Å²) in [6.45, 7) is 7.69. The van der Waals surface area contributed by atoms with Gasteiger partial charge in [0, 0.05) is 25.7 Å². The second-order valence-electron chi connectivity index (χ2n) is 7.43. The van der Waals surface area contributed by atoms with Crippen molar-refractivity contribution in [1.29, 1.82) is 0 Å². The van der Waals surface area contributed by atoms with E-state index in [0.717, 1.165) is 18.6 Å². The molecule has 1 heterocycles. The predicted molar refractivity (Wildman–Crippen MR) is 96.8 cm³/mol. The van der Waals surface area contributed by atoms with Gasteiger partial charge in [-0.3, -0.25) is 0 Å². The molecule has 1 amide bonds. The number of nitrogens with one attached hydrogen (secondary N) is 1. The third-order valence-corrected chi connectivity index (χ3v) is 3.97. The average molecular weight is 350 g/mol. The van der Waals surface area contributed by atoms with Gasteiger partial charge in [0.15, 0.2) is 0 Å². The monoisotopic (exact) mass is 350 g/mol. The highest BCUT2D eigenvalue weighted by Gasteiger charge is 2.26. The first-order chi connectivity index (χ1) is 11.8. The highest BCUT2D eigenvalue weighted by Crippen LogP contribution is 2.15. The SMILES string of the molecule is CC(C)(C)OC(=O)N1CCC(NCC(O)COc2ccccc2)CC1. The van der Waals surface area contributed by atoms with E-state index in [0.29, 0.717) is 25.7 Å². The summed E-state index contributed by atoms with van der Waals surface area (Å²) in [6.07, 6.45) is 0.892. The number of carbonyl (C=O) groups is 1. The van der Waals surface area contributed by atoms with Crippen molar-refractivity contribution in [2.45, 2.75) is 51.4 Å². The maximum absolute atomic E-state index is 12.0. The Balaban J connectivity index is 1.62. The van der Waals surface area contributed by atoms with Crippen molar-refractivity contribution in [3.05, 3.63) is 30.3 Å². The summed E-state index contributed by atoms with van der Waals surface area (Å²) in [5, 5.41) is 13.4. The van der Waals surface area contributed by atoms with Gasteiger partial charge < -0.3 is 24.8 Å². The fourth-order valence-electron chi connectivity index (χ4n) is 2.66. The highest BCUT2D eigenvalue weighted by molar-refractivity contribution is 5.68. The number of rotatable bonds is 6. The number of aliphatic hydroxyl groups excluding tert-OH is 1. The van der Waals surface area contributed by atoms with E-state index in [2.05, 4.69) is 5.32 Å². The third kappa shape index (κ3) is 7.32. The smallest absolute Gasteiger partial charge is 0.410 e. The fourth-order valence-corrected chi connectivity index (χ4v) is 2.66. The minimum absolute atomic E-state index is 0.248. The van der Waals surface area contributed by atoms with E-state index in [1.165, 1.54) is 0 Å². The predicted octanol–water partition coefficient (Wildman–Crippen LogP) is 2.42. The van der Waals surface area contributed by atoms with Crippen molar-refractivity contribution in [3.8, 4) is 5.75 Å². The minimum Gasteiger partial charge on any atom is -0.491 e. The van der Waals surface area contributed by atoms with Crippen LogP contribution in [0.3, 0.4) is 0 Å². The molecule has 6 heteroatoms. The summed E-state index contributed by atoms with van der Waals surface area (Å²) >= 11 is 0. The molecule has 1 atom stereocenters.